The van der Waals surface area contributed by atoms with Gasteiger partial charge in [0.25, 0.3) is 0 Å². The Hall–Kier alpha value is -1.76. The van der Waals surface area contributed by atoms with Crippen molar-refractivity contribution in [1.29, 1.82) is 0 Å². The fourth-order valence-electron chi connectivity index (χ4n) is 7.31. The molecule has 2 unspecified atom stereocenters. The molecule has 0 aliphatic heterocycles. The van der Waals surface area contributed by atoms with Gasteiger partial charge in [0.15, 0.2) is 0 Å². The van der Waals surface area contributed by atoms with Crippen molar-refractivity contribution in [3.8, 4) is 12.3 Å². The molecule has 4 aliphatic carbocycles. The third-order valence-electron chi connectivity index (χ3n) is 8.38. The van der Waals surface area contributed by atoms with Gasteiger partial charge in [0, 0.05) is 12.8 Å². The number of allylic oxidation sites excluding steroid dienone is 1. The number of carbonyl (C=O) groups is 1. The highest BCUT2D eigenvalue weighted by atomic mass is 16.5. The summed E-state index contributed by atoms with van der Waals surface area (Å²) in [6.45, 7) is 3.76. The van der Waals surface area contributed by atoms with E-state index in [0.29, 0.717) is 28.9 Å². The molecule has 4 nitrogen and oxygen atoms in total. The van der Waals surface area contributed by atoms with Gasteiger partial charge in [-0.1, -0.05) is 17.7 Å². The zero-order valence-corrected chi connectivity index (χ0v) is 16.5. The SMILES string of the molecule is C#C[C@@H]1CC[C@H]2[C@@H]3CCC4=CC(=NO)C(OC(C)=O)C[C@@H]4[C@H]3CCC12CC. The molecule has 27 heavy (non-hydrogen) atoms. The van der Waals surface area contributed by atoms with E-state index in [1.807, 2.05) is 6.08 Å². The van der Waals surface area contributed by atoms with Crippen LogP contribution in [0.1, 0.15) is 65.2 Å². The van der Waals surface area contributed by atoms with E-state index in [9.17, 15) is 10.0 Å². The minimum atomic E-state index is -0.417. The Labute approximate surface area is 162 Å². The molecule has 0 spiro atoms. The molecular weight excluding hydrogens is 338 g/mol. The van der Waals surface area contributed by atoms with E-state index in [4.69, 9.17) is 11.2 Å². The van der Waals surface area contributed by atoms with Crippen molar-refractivity contribution in [1.82, 2.24) is 0 Å². The second kappa shape index (κ2) is 7.00. The number of terminal acetylenes is 1. The number of carbonyl (C=O) groups excluding carboxylic acids is 1. The zero-order chi connectivity index (χ0) is 19.2. The number of oxime groups is 1. The smallest absolute Gasteiger partial charge is 0.303 e. The maximum absolute atomic E-state index is 11.5. The van der Waals surface area contributed by atoms with Crippen molar-refractivity contribution in [2.24, 2.45) is 40.2 Å². The number of esters is 1. The van der Waals surface area contributed by atoms with Crippen molar-refractivity contribution < 1.29 is 14.7 Å². The van der Waals surface area contributed by atoms with E-state index in [-0.39, 0.29) is 5.97 Å². The van der Waals surface area contributed by atoms with Crippen LogP contribution >= 0.6 is 0 Å². The Kier molecular flexibility index (Phi) is 4.82. The molecule has 4 heteroatoms. The molecule has 0 heterocycles. The van der Waals surface area contributed by atoms with Gasteiger partial charge in [0.2, 0.25) is 0 Å². The lowest BCUT2D eigenvalue weighted by Gasteiger charge is -2.55. The van der Waals surface area contributed by atoms with Crippen LogP contribution in [0.4, 0.5) is 0 Å². The Bertz CT molecular complexity index is 718. The van der Waals surface area contributed by atoms with Crippen LogP contribution < -0.4 is 0 Å². The first-order chi connectivity index (χ1) is 13.0. The summed E-state index contributed by atoms with van der Waals surface area (Å²) in [5.41, 5.74) is 2.24. The second-order valence-corrected chi connectivity index (χ2v) is 9.08. The quantitative estimate of drug-likeness (QED) is 0.336. The first kappa shape index (κ1) is 18.6. The van der Waals surface area contributed by atoms with Gasteiger partial charge in [-0.3, -0.25) is 4.79 Å². The van der Waals surface area contributed by atoms with Crippen molar-refractivity contribution in [2.45, 2.75) is 71.3 Å². The molecule has 0 bridgehead atoms. The summed E-state index contributed by atoms with van der Waals surface area (Å²) in [5.74, 6) is 5.82. The van der Waals surface area contributed by atoms with E-state index in [2.05, 4.69) is 18.0 Å². The molecule has 0 aromatic rings. The highest BCUT2D eigenvalue weighted by Crippen LogP contribution is 2.64. The van der Waals surface area contributed by atoms with Gasteiger partial charge in [0.1, 0.15) is 11.8 Å². The lowest BCUT2D eigenvalue weighted by molar-refractivity contribution is -0.144. The topological polar surface area (TPSA) is 58.9 Å². The molecule has 3 saturated carbocycles. The van der Waals surface area contributed by atoms with E-state index in [1.54, 1.807) is 0 Å². The molecule has 0 aromatic heterocycles. The summed E-state index contributed by atoms with van der Waals surface area (Å²) in [4.78, 5) is 11.5. The third-order valence-corrected chi connectivity index (χ3v) is 8.38. The molecule has 0 radical (unpaired) electrons. The van der Waals surface area contributed by atoms with Crippen molar-refractivity contribution >= 4 is 11.7 Å². The number of rotatable bonds is 2. The van der Waals surface area contributed by atoms with Gasteiger partial charge in [-0.2, -0.15) is 0 Å². The van der Waals surface area contributed by atoms with Crippen LogP contribution in [-0.4, -0.2) is 23.0 Å². The molecule has 0 aromatic carbocycles. The molecule has 7 atom stereocenters. The van der Waals surface area contributed by atoms with Gasteiger partial charge in [-0.05, 0) is 86.5 Å². The van der Waals surface area contributed by atoms with Gasteiger partial charge in [-0.15, -0.1) is 12.3 Å². The minimum absolute atomic E-state index is 0.313. The molecule has 146 valence electrons. The van der Waals surface area contributed by atoms with E-state index in [1.165, 1.54) is 51.0 Å². The Morgan fingerprint density at radius 2 is 2.19 bits per heavy atom. The highest BCUT2D eigenvalue weighted by Gasteiger charge is 2.57. The Morgan fingerprint density at radius 3 is 2.85 bits per heavy atom. The summed E-state index contributed by atoms with van der Waals surface area (Å²) in [7, 11) is 0. The number of hydrogen-bond donors (Lipinski definition) is 1. The summed E-state index contributed by atoms with van der Waals surface area (Å²) >= 11 is 0. The van der Waals surface area contributed by atoms with Gasteiger partial charge < -0.3 is 9.94 Å². The minimum Gasteiger partial charge on any atom is -0.456 e. The van der Waals surface area contributed by atoms with Gasteiger partial charge in [-0.25, -0.2) is 0 Å². The van der Waals surface area contributed by atoms with Crippen LogP contribution in [0.2, 0.25) is 0 Å². The Balaban J connectivity index is 1.62. The standard InChI is InChI=1S/C23H31NO3/c1-4-16-7-9-20-18-8-6-15-12-21(24-26)22(27-14(3)25)13-19(15)17(18)10-11-23(16,20)5-2/h1,12,16-20,22,26H,5-11,13H2,2-3H3/t16-,17+,18-,19+,20+,22?,23?/m1/s1. The van der Waals surface area contributed by atoms with Crippen LogP contribution in [0.5, 0.6) is 0 Å². The van der Waals surface area contributed by atoms with Crippen molar-refractivity contribution in [3.63, 3.8) is 0 Å². The van der Waals surface area contributed by atoms with E-state index < -0.39 is 6.10 Å². The number of nitrogens with zero attached hydrogens (tertiary/aromatic N) is 1. The molecule has 0 amide bonds. The molecule has 3 fully saturated rings. The lowest BCUT2D eigenvalue weighted by Crippen LogP contribution is -2.48. The normalized spacial score (nSPS) is 44.5. The summed E-state index contributed by atoms with van der Waals surface area (Å²) in [6.07, 6.45) is 16.6. The zero-order valence-electron chi connectivity index (χ0n) is 16.5. The second-order valence-electron chi connectivity index (χ2n) is 9.08. The number of fused-ring (bicyclic) bond motifs is 5. The monoisotopic (exact) mass is 369 g/mol. The maximum Gasteiger partial charge on any atom is 0.303 e. The lowest BCUT2D eigenvalue weighted by atomic mass is 9.50. The maximum atomic E-state index is 11.5. The van der Waals surface area contributed by atoms with Crippen molar-refractivity contribution in [2.75, 3.05) is 0 Å². The molecule has 4 rings (SSSR count). The van der Waals surface area contributed by atoms with Crippen LogP contribution in [0.25, 0.3) is 0 Å². The van der Waals surface area contributed by atoms with Crippen LogP contribution in [0.15, 0.2) is 16.8 Å². The first-order valence-corrected chi connectivity index (χ1v) is 10.6. The van der Waals surface area contributed by atoms with E-state index >= 15 is 0 Å². The number of ether oxygens (including phenoxy) is 1. The first-order valence-electron chi connectivity index (χ1n) is 10.6. The molecule has 4 aliphatic rings. The average Bonchev–Trinajstić information content (AvgIpc) is 3.06. The van der Waals surface area contributed by atoms with Gasteiger partial charge in [0.05, 0.1) is 0 Å². The molecule has 0 saturated heterocycles. The molecular formula is C23H31NO3. The summed E-state index contributed by atoms with van der Waals surface area (Å²) < 4.78 is 5.48. The third kappa shape index (κ3) is 2.82. The predicted molar refractivity (Wildman–Crippen MR) is 104 cm³/mol. The predicted octanol–water partition coefficient (Wildman–Crippen LogP) is 4.57. The Morgan fingerprint density at radius 1 is 1.37 bits per heavy atom. The van der Waals surface area contributed by atoms with E-state index in [0.717, 1.165) is 24.7 Å². The highest BCUT2D eigenvalue weighted by molar-refractivity contribution is 6.00. The average molecular weight is 370 g/mol. The van der Waals surface area contributed by atoms with Gasteiger partial charge >= 0.3 is 5.97 Å². The fraction of sp³-hybridized carbons (Fsp3) is 0.739. The fourth-order valence-corrected chi connectivity index (χ4v) is 7.31. The summed E-state index contributed by atoms with van der Waals surface area (Å²) in [5, 5.41) is 12.8. The largest absolute Gasteiger partial charge is 0.456 e. The summed E-state index contributed by atoms with van der Waals surface area (Å²) in [6, 6.07) is 0. The van der Waals surface area contributed by atoms with Crippen LogP contribution in [0.3, 0.4) is 0 Å². The molecule has 1 N–H and O–H groups in total. The van der Waals surface area contributed by atoms with Crippen LogP contribution in [0, 0.1) is 47.3 Å². The van der Waals surface area contributed by atoms with Crippen molar-refractivity contribution in [3.05, 3.63) is 11.6 Å². The van der Waals surface area contributed by atoms with Crippen LogP contribution in [-0.2, 0) is 9.53 Å². The number of hydrogen-bond acceptors (Lipinski definition) is 4.